The third-order valence-electron chi connectivity index (χ3n) is 3.27. The number of nitrogens with zero attached hydrogens (tertiary/aromatic N) is 2. The number of halogens is 1. The number of piperazine rings is 1. The summed E-state index contributed by atoms with van der Waals surface area (Å²) in [6.45, 7) is 5.92. The SMILES string of the molecule is C[I-]C(=O)CN1CCN(Cc2ccccc2)CC1. The minimum atomic E-state index is -0.228. The predicted molar refractivity (Wildman–Crippen MR) is 69.1 cm³/mol. The summed E-state index contributed by atoms with van der Waals surface area (Å²) in [5.74, 6) is 0. The monoisotopic (exact) mass is 359 g/mol. The minimum absolute atomic E-state index is 0.228. The van der Waals surface area contributed by atoms with Crippen molar-refractivity contribution in [3.8, 4) is 0 Å². The van der Waals surface area contributed by atoms with Crippen molar-refractivity contribution in [3.63, 3.8) is 0 Å². The Kier molecular flexibility index (Phi) is 5.59. The molecule has 2 rings (SSSR count). The number of rotatable bonds is 5. The Hall–Kier alpha value is -0.460. The van der Waals surface area contributed by atoms with Gasteiger partial charge in [0.1, 0.15) is 0 Å². The summed E-state index contributed by atoms with van der Waals surface area (Å²) < 4.78 is 0.463. The van der Waals surface area contributed by atoms with Crippen LogP contribution in [-0.2, 0) is 11.3 Å². The number of alkyl halides is 1. The molecule has 0 spiro atoms. The molecule has 0 unspecified atom stereocenters. The molecule has 1 aromatic carbocycles. The fraction of sp³-hybridized carbons (Fsp3) is 0.500. The quantitative estimate of drug-likeness (QED) is 0.347. The van der Waals surface area contributed by atoms with E-state index in [1.807, 2.05) is 4.93 Å². The van der Waals surface area contributed by atoms with Crippen molar-refractivity contribution >= 4 is 3.79 Å². The van der Waals surface area contributed by atoms with Crippen molar-refractivity contribution in [2.45, 2.75) is 6.54 Å². The third kappa shape index (κ3) is 4.33. The fourth-order valence-corrected chi connectivity index (χ4v) is 3.01. The van der Waals surface area contributed by atoms with E-state index in [0.29, 0.717) is 10.3 Å². The van der Waals surface area contributed by atoms with E-state index in [2.05, 4.69) is 40.1 Å². The molecule has 1 saturated heterocycles. The molecular weight excluding hydrogens is 339 g/mol. The summed E-state index contributed by atoms with van der Waals surface area (Å²) >= 11 is -0.228. The number of hydrogen-bond donors (Lipinski definition) is 0. The van der Waals surface area contributed by atoms with Gasteiger partial charge in [0.2, 0.25) is 0 Å². The Balaban J connectivity index is 1.75. The van der Waals surface area contributed by atoms with E-state index >= 15 is 0 Å². The van der Waals surface area contributed by atoms with Gasteiger partial charge in [0.15, 0.2) is 0 Å². The van der Waals surface area contributed by atoms with Crippen molar-refractivity contribution in [3.05, 3.63) is 35.9 Å². The topological polar surface area (TPSA) is 23.6 Å². The van der Waals surface area contributed by atoms with E-state index in [-0.39, 0.29) is 21.2 Å². The zero-order chi connectivity index (χ0) is 12.8. The summed E-state index contributed by atoms with van der Waals surface area (Å²) in [7, 11) is 0. The molecule has 0 amide bonds. The number of carbonyl (C=O) groups excluding carboxylic acids is 1. The van der Waals surface area contributed by atoms with Gasteiger partial charge in [0.25, 0.3) is 0 Å². The van der Waals surface area contributed by atoms with Gasteiger partial charge in [-0.3, -0.25) is 0 Å². The molecule has 4 heteroatoms. The van der Waals surface area contributed by atoms with Gasteiger partial charge in [0, 0.05) is 0 Å². The zero-order valence-corrected chi connectivity index (χ0v) is 13.0. The number of carbonyl (C=O) groups is 1. The maximum absolute atomic E-state index is 11.4. The van der Waals surface area contributed by atoms with Crippen LogP contribution in [0.25, 0.3) is 0 Å². The molecular formula is C14H20IN2O-. The Morgan fingerprint density at radius 1 is 1.11 bits per heavy atom. The summed E-state index contributed by atoms with van der Waals surface area (Å²) in [5, 5.41) is 0. The van der Waals surface area contributed by atoms with Crippen LogP contribution < -0.4 is 21.2 Å². The molecule has 0 aliphatic carbocycles. The first-order chi connectivity index (χ1) is 8.78. The molecule has 3 nitrogen and oxygen atoms in total. The van der Waals surface area contributed by atoms with Crippen molar-refractivity contribution in [2.24, 2.45) is 0 Å². The number of hydrogen-bond acceptors (Lipinski definition) is 3. The van der Waals surface area contributed by atoms with Crippen LogP contribution in [0.4, 0.5) is 0 Å². The second-order valence-electron chi connectivity index (χ2n) is 4.58. The molecule has 0 radical (unpaired) electrons. The van der Waals surface area contributed by atoms with Crippen LogP contribution in [0, 0.1) is 0 Å². The molecule has 0 N–H and O–H groups in total. The van der Waals surface area contributed by atoms with Crippen LogP contribution in [0.3, 0.4) is 0 Å². The second-order valence-corrected chi connectivity index (χ2v) is 6.86. The van der Waals surface area contributed by atoms with Gasteiger partial charge >= 0.3 is 120 Å². The summed E-state index contributed by atoms with van der Waals surface area (Å²) in [4.78, 5) is 18.3. The van der Waals surface area contributed by atoms with E-state index in [1.54, 1.807) is 0 Å². The van der Waals surface area contributed by atoms with Crippen molar-refractivity contribution in [1.29, 1.82) is 0 Å². The Morgan fingerprint density at radius 2 is 1.72 bits per heavy atom. The number of benzene rings is 1. The van der Waals surface area contributed by atoms with Crippen molar-refractivity contribution in [1.82, 2.24) is 9.80 Å². The Bertz CT molecular complexity index is 375. The fourth-order valence-electron chi connectivity index (χ4n) is 2.18. The predicted octanol–water partition coefficient (Wildman–Crippen LogP) is -1.95. The van der Waals surface area contributed by atoms with Crippen LogP contribution in [-0.4, -0.2) is 51.2 Å². The average molecular weight is 359 g/mol. The molecule has 1 aromatic rings. The van der Waals surface area contributed by atoms with Gasteiger partial charge in [-0.05, 0) is 0 Å². The van der Waals surface area contributed by atoms with E-state index in [9.17, 15) is 4.79 Å². The van der Waals surface area contributed by atoms with Gasteiger partial charge in [-0.1, -0.05) is 0 Å². The summed E-state index contributed by atoms with van der Waals surface area (Å²) in [5.41, 5.74) is 1.38. The summed E-state index contributed by atoms with van der Waals surface area (Å²) in [6.07, 6.45) is 0. The van der Waals surface area contributed by atoms with Crippen LogP contribution in [0.15, 0.2) is 30.3 Å². The summed E-state index contributed by atoms with van der Waals surface area (Å²) in [6, 6.07) is 10.6. The molecule has 0 bridgehead atoms. The van der Waals surface area contributed by atoms with Gasteiger partial charge in [0.05, 0.1) is 0 Å². The normalized spacial score (nSPS) is 18.1. The molecule has 1 fully saturated rings. The molecule has 1 aliphatic heterocycles. The third-order valence-corrected chi connectivity index (χ3v) is 4.82. The molecule has 0 atom stereocenters. The van der Waals surface area contributed by atoms with Gasteiger partial charge in [-0.15, -0.1) is 0 Å². The Labute approximate surface area is 119 Å². The van der Waals surface area contributed by atoms with E-state index in [4.69, 9.17) is 0 Å². The zero-order valence-electron chi connectivity index (χ0n) is 10.8. The van der Waals surface area contributed by atoms with E-state index in [0.717, 1.165) is 32.7 Å². The molecule has 0 aromatic heterocycles. The van der Waals surface area contributed by atoms with E-state index in [1.165, 1.54) is 5.56 Å². The molecule has 1 heterocycles. The first kappa shape index (κ1) is 14.0. The molecule has 18 heavy (non-hydrogen) atoms. The average Bonchev–Trinajstić information content (AvgIpc) is 2.42. The van der Waals surface area contributed by atoms with Crippen LogP contribution in [0.2, 0.25) is 0 Å². The first-order valence-corrected chi connectivity index (χ1v) is 9.52. The maximum atomic E-state index is 11.4. The second kappa shape index (κ2) is 7.21. The van der Waals surface area contributed by atoms with E-state index < -0.39 is 0 Å². The van der Waals surface area contributed by atoms with Crippen LogP contribution in [0.5, 0.6) is 0 Å². The van der Waals surface area contributed by atoms with Crippen LogP contribution in [0.1, 0.15) is 5.56 Å². The Morgan fingerprint density at radius 3 is 2.33 bits per heavy atom. The van der Waals surface area contributed by atoms with Gasteiger partial charge in [-0.2, -0.15) is 0 Å². The van der Waals surface area contributed by atoms with Gasteiger partial charge < -0.3 is 0 Å². The molecule has 1 aliphatic rings. The van der Waals surface area contributed by atoms with Crippen LogP contribution >= 0.6 is 0 Å². The molecule has 0 saturated carbocycles. The standard InChI is InChI=1S/C14H20IN2O/c1-15-14(18)12-17-9-7-16(8-10-17)11-13-5-3-2-4-6-13/h2-6H,7-12H2,1H3/q-1. The first-order valence-electron chi connectivity index (χ1n) is 6.29. The van der Waals surface area contributed by atoms with Crippen molar-refractivity contribution < 1.29 is 26.0 Å². The van der Waals surface area contributed by atoms with Gasteiger partial charge in [-0.25, -0.2) is 0 Å². The molecule has 100 valence electrons. The van der Waals surface area contributed by atoms with Crippen molar-refractivity contribution in [2.75, 3.05) is 37.7 Å².